The normalized spacial score (nSPS) is 14.2. The van der Waals surface area contributed by atoms with E-state index in [2.05, 4.69) is 13.0 Å². The number of hydrogen-bond acceptors (Lipinski definition) is 7. The predicted octanol–water partition coefficient (Wildman–Crippen LogP) is 6.40. The van der Waals surface area contributed by atoms with E-state index in [1.807, 2.05) is 44.2 Å². The van der Waals surface area contributed by atoms with Crippen molar-refractivity contribution in [3.05, 3.63) is 94.4 Å². The molecule has 1 heterocycles. The Kier molecular flexibility index (Phi) is 8.55. The van der Waals surface area contributed by atoms with Crippen LogP contribution in [-0.2, 0) is 0 Å². The number of hydrogen-bond donors (Lipinski definition) is 1. The fourth-order valence-corrected chi connectivity index (χ4v) is 4.43. The van der Waals surface area contributed by atoms with Crippen LogP contribution in [0.15, 0.2) is 72.1 Å². The second kappa shape index (κ2) is 12.2. The van der Waals surface area contributed by atoms with E-state index >= 15 is 0 Å². The van der Waals surface area contributed by atoms with E-state index in [1.165, 1.54) is 0 Å². The molecule has 2 N–H and O–H groups in total. The number of unbranched alkanes of at least 4 members (excludes halogenated alkanes) is 2. The first kappa shape index (κ1) is 26.6. The molecule has 0 spiro atoms. The summed E-state index contributed by atoms with van der Waals surface area (Å²) in [5.41, 5.74) is 9.32. The number of fused-ring (bicyclic) bond motifs is 1. The molecule has 196 valence electrons. The van der Waals surface area contributed by atoms with Gasteiger partial charge in [0.2, 0.25) is 5.88 Å². The van der Waals surface area contributed by atoms with Crippen molar-refractivity contribution in [1.29, 1.82) is 5.26 Å². The largest absolute Gasteiger partial charge is 0.490 e. The van der Waals surface area contributed by atoms with Crippen LogP contribution in [0.5, 0.6) is 23.0 Å². The average molecular weight is 513 g/mol. The smallest absolute Gasteiger partial charge is 0.343 e. The van der Waals surface area contributed by atoms with E-state index in [-0.39, 0.29) is 5.88 Å². The average Bonchev–Trinajstić information content (AvgIpc) is 2.91. The molecule has 0 fully saturated rings. The van der Waals surface area contributed by atoms with Gasteiger partial charge in [-0.05, 0) is 55.7 Å². The van der Waals surface area contributed by atoms with Gasteiger partial charge >= 0.3 is 5.97 Å². The van der Waals surface area contributed by atoms with E-state index in [9.17, 15) is 10.1 Å². The van der Waals surface area contributed by atoms with E-state index in [0.29, 0.717) is 47.3 Å². The zero-order valence-electron chi connectivity index (χ0n) is 22.0. The van der Waals surface area contributed by atoms with Crippen LogP contribution in [-0.4, -0.2) is 19.2 Å². The summed E-state index contributed by atoms with van der Waals surface area (Å²) in [7, 11) is 0. The summed E-state index contributed by atoms with van der Waals surface area (Å²) in [6, 6.07) is 20.2. The number of nitrogens with two attached hydrogens (primary N) is 1. The number of benzene rings is 3. The predicted molar refractivity (Wildman–Crippen MR) is 145 cm³/mol. The number of allylic oxidation sites excluding steroid dienone is 1. The zero-order chi connectivity index (χ0) is 27.1. The Morgan fingerprint density at radius 3 is 2.58 bits per heavy atom. The molecule has 1 aliphatic heterocycles. The van der Waals surface area contributed by atoms with Gasteiger partial charge in [0.25, 0.3) is 0 Å². The molecule has 0 aliphatic carbocycles. The van der Waals surface area contributed by atoms with E-state index < -0.39 is 11.9 Å². The van der Waals surface area contributed by atoms with Crippen LogP contribution in [0.2, 0.25) is 0 Å². The van der Waals surface area contributed by atoms with Crippen molar-refractivity contribution in [1.82, 2.24) is 0 Å². The lowest BCUT2D eigenvalue weighted by atomic mass is 9.83. The molecule has 0 radical (unpaired) electrons. The highest BCUT2D eigenvalue weighted by Crippen LogP contribution is 2.45. The lowest BCUT2D eigenvalue weighted by Gasteiger charge is -2.27. The van der Waals surface area contributed by atoms with E-state index in [0.717, 1.165) is 36.0 Å². The molecule has 3 aromatic carbocycles. The van der Waals surface area contributed by atoms with Gasteiger partial charge < -0.3 is 24.7 Å². The Balaban J connectivity index is 1.66. The summed E-state index contributed by atoms with van der Waals surface area (Å²) in [4.78, 5) is 12.7. The Hall–Kier alpha value is -4.44. The van der Waals surface area contributed by atoms with Crippen molar-refractivity contribution in [2.75, 3.05) is 13.2 Å². The summed E-state index contributed by atoms with van der Waals surface area (Å²) in [6.45, 7) is 6.99. The number of aryl methyl sites for hydroxylation is 1. The van der Waals surface area contributed by atoms with Crippen LogP contribution in [0.1, 0.15) is 66.1 Å². The lowest BCUT2D eigenvalue weighted by Crippen LogP contribution is -2.21. The molecule has 1 unspecified atom stereocenters. The van der Waals surface area contributed by atoms with Gasteiger partial charge in [-0.1, -0.05) is 50.1 Å². The van der Waals surface area contributed by atoms with Gasteiger partial charge in [-0.3, -0.25) is 0 Å². The quantitative estimate of drug-likeness (QED) is 0.190. The molecule has 1 atom stereocenters. The monoisotopic (exact) mass is 512 g/mol. The molecule has 38 heavy (non-hydrogen) atoms. The van der Waals surface area contributed by atoms with Gasteiger partial charge in [0.1, 0.15) is 23.1 Å². The third-order valence-corrected chi connectivity index (χ3v) is 6.37. The van der Waals surface area contributed by atoms with Crippen molar-refractivity contribution >= 4 is 5.97 Å². The minimum absolute atomic E-state index is 0.00484. The van der Waals surface area contributed by atoms with Crippen LogP contribution in [0.3, 0.4) is 0 Å². The van der Waals surface area contributed by atoms with Crippen molar-refractivity contribution in [2.45, 2.75) is 46.0 Å². The molecule has 4 rings (SSSR count). The molecule has 0 amide bonds. The van der Waals surface area contributed by atoms with Crippen LogP contribution in [0.25, 0.3) is 0 Å². The molecular weight excluding hydrogens is 480 g/mol. The molecular formula is C31H32N2O5. The molecule has 0 saturated carbocycles. The van der Waals surface area contributed by atoms with Crippen molar-refractivity contribution < 1.29 is 23.7 Å². The van der Waals surface area contributed by atoms with Crippen LogP contribution in [0.4, 0.5) is 0 Å². The SMILES string of the molecule is CCCCCOc1ccc(C2C(C#N)=C(N)Oc3cc(OC(=O)c4ccccc4C)ccc32)cc1OCC. The summed E-state index contributed by atoms with van der Waals surface area (Å²) in [5.74, 6) is 1.05. The highest BCUT2D eigenvalue weighted by Gasteiger charge is 2.32. The van der Waals surface area contributed by atoms with E-state index in [4.69, 9.17) is 24.7 Å². The van der Waals surface area contributed by atoms with Gasteiger partial charge in [0.05, 0.1) is 24.7 Å². The van der Waals surface area contributed by atoms with Crippen molar-refractivity contribution in [2.24, 2.45) is 5.73 Å². The molecule has 3 aromatic rings. The van der Waals surface area contributed by atoms with Crippen LogP contribution >= 0.6 is 0 Å². The van der Waals surface area contributed by atoms with Crippen LogP contribution in [0, 0.1) is 18.3 Å². The Bertz CT molecular complexity index is 1390. The van der Waals surface area contributed by atoms with Gasteiger partial charge in [0.15, 0.2) is 11.5 Å². The van der Waals surface area contributed by atoms with Crippen LogP contribution < -0.4 is 24.7 Å². The molecule has 0 bridgehead atoms. The number of carbonyl (C=O) groups excluding carboxylic acids is 1. The fourth-order valence-electron chi connectivity index (χ4n) is 4.43. The highest BCUT2D eigenvalue weighted by atomic mass is 16.5. The zero-order valence-corrected chi connectivity index (χ0v) is 22.0. The minimum atomic E-state index is -0.488. The first-order chi connectivity index (χ1) is 18.5. The summed E-state index contributed by atoms with van der Waals surface area (Å²) < 4.78 is 23.3. The Morgan fingerprint density at radius 1 is 1.03 bits per heavy atom. The number of nitriles is 1. The Morgan fingerprint density at radius 2 is 1.84 bits per heavy atom. The topological polar surface area (TPSA) is 104 Å². The van der Waals surface area contributed by atoms with Gasteiger partial charge in [-0.2, -0.15) is 5.26 Å². The minimum Gasteiger partial charge on any atom is -0.490 e. The molecule has 0 saturated heterocycles. The second-order valence-electron chi connectivity index (χ2n) is 9.02. The summed E-state index contributed by atoms with van der Waals surface area (Å²) in [5, 5.41) is 9.95. The first-order valence-corrected chi connectivity index (χ1v) is 12.9. The maximum Gasteiger partial charge on any atom is 0.343 e. The van der Waals surface area contributed by atoms with Gasteiger partial charge in [-0.15, -0.1) is 0 Å². The standard InChI is InChI=1S/C31H32N2O5/c1-4-6-9-16-36-26-15-12-21(17-28(26)35-5-2)29-24-14-13-22(18-27(24)38-30(33)25(29)19-32)37-31(34)23-11-8-7-10-20(23)3/h7-8,10-15,17-18,29H,4-6,9,16,33H2,1-3H3. The van der Waals surface area contributed by atoms with Gasteiger partial charge in [-0.25, -0.2) is 4.79 Å². The third kappa shape index (κ3) is 5.76. The number of carbonyl (C=O) groups is 1. The van der Waals surface area contributed by atoms with Crippen molar-refractivity contribution in [3.8, 4) is 29.1 Å². The van der Waals surface area contributed by atoms with Gasteiger partial charge in [0, 0.05) is 11.6 Å². The number of esters is 1. The fraction of sp³-hybridized carbons (Fsp3) is 0.290. The lowest BCUT2D eigenvalue weighted by molar-refractivity contribution is 0.0733. The second-order valence-corrected chi connectivity index (χ2v) is 9.02. The highest BCUT2D eigenvalue weighted by molar-refractivity contribution is 5.92. The number of ether oxygens (including phenoxy) is 4. The Labute approximate surface area is 223 Å². The third-order valence-electron chi connectivity index (χ3n) is 6.37. The molecule has 0 aromatic heterocycles. The summed E-state index contributed by atoms with van der Waals surface area (Å²) >= 11 is 0. The van der Waals surface area contributed by atoms with E-state index in [1.54, 1.807) is 30.3 Å². The number of nitrogens with zero attached hydrogens (tertiary/aromatic N) is 1. The maximum absolute atomic E-state index is 12.7. The maximum atomic E-state index is 12.7. The molecule has 7 nitrogen and oxygen atoms in total. The first-order valence-electron chi connectivity index (χ1n) is 12.9. The number of rotatable bonds is 10. The van der Waals surface area contributed by atoms with Crippen molar-refractivity contribution in [3.63, 3.8) is 0 Å². The molecule has 1 aliphatic rings. The molecule has 7 heteroatoms. The summed E-state index contributed by atoms with van der Waals surface area (Å²) in [6.07, 6.45) is 3.17.